The van der Waals surface area contributed by atoms with Crippen molar-refractivity contribution in [2.45, 2.75) is 18.4 Å². The van der Waals surface area contributed by atoms with Gasteiger partial charge in [0.15, 0.2) is 0 Å². The van der Waals surface area contributed by atoms with Crippen LogP contribution in [0.5, 0.6) is 0 Å². The normalized spacial score (nSPS) is 11.9. The van der Waals surface area contributed by atoms with Crippen molar-refractivity contribution in [3.8, 4) is 0 Å². The first-order valence-corrected chi connectivity index (χ1v) is 10.2. The van der Waals surface area contributed by atoms with Crippen molar-refractivity contribution in [3.63, 3.8) is 0 Å². The number of fused-ring (bicyclic) bond motifs is 1. The number of hydrogen-bond acceptors (Lipinski definition) is 3. The summed E-state index contributed by atoms with van der Waals surface area (Å²) in [6.07, 6.45) is 2.21. The van der Waals surface area contributed by atoms with Crippen LogP contribution in [-0.2, 0) is 20.7 Å². The van der Waals surface area contributed by atoms with Crippen molar-refractivity contribution in [2.24, 2.45) is 0 Å². The van der Waals surface area contributed by atoms with Crippen LogP contribution < -0.4 is 5.32 Å². The van der Waals surface area contributed by atoms with Gasteiger partial charge in [-0.15, -0.1) is 0 Å². The van der Waals surface area contributed by atoms with E-state index in [1.54, 1.807) is 0 Å². The van der Waals surface area contributed by atoms with Gasteiger partial charge in [-0.3, -0.25) is 4.79 Å². The molecular weight excluding hydrogens is 388 g/mol. The number of aromatic nitrogens is 1. The second kappa shape index (κ2) is 9.30. The Bertz CT molecular complexity index is 1130. The van der Waals surface area contributed by atoms with Gasteiger partial charge in [0.1, 0.15) is 6.04 Å². The third kappa shape index (κ3) is 4.51. The Morgan fingerprint density at radius 2 is 1.45 bits per heavy atom. The number of ether oxygens (including phenoxy) is 1. The predicted molar refractivity (Wildman–Crippen MR) is 121 cm³/mol. The number of aromatic amines is 1. The van der Waals surface area contributed by atoms with Gasteiger partial charge in [0.05, 0.1) is 13.0 Å². The second-order valence-electron chi connectivity index (χ2n) is 7.40. The van der Waals surface area contributed by atoms with Crippen LogP contribution in [0.25, 0.3) is 10.9 Å². The Hall–Kier alpha value is -3.86. The molecule has 5 nitrogen and oxygen atoms in total. The fourth-order valence-electron chi connectivity index (χ4n) is 3.90. The highest BCUT2D eigenvalue weighted by molar-refractivity contribution is 5.91. The highest BCUT2D eigenvalue weighted by atomic mass is 16.5. The minimum Gasteiger partial charge on any atom is -0.467 e. The first-order chi connectivity index (χ1) is 15.2. The van der Waals surface area contributed by atoms with Crippen LogP contribution in [-0.4, -0.2) is 30.0 Å². The van der Waals surface area contributed by atoms with Crippen LogP contribution in [0.1, 0.15) is 22.6 Å². The summed E-state index contributed by atoms with van der Waals surface area (Å²) in [7, 11) is 1.34. The number of carbonyl (C=O) groups excluding carboxylic acids is 2. The third-order valence-electron chi connectivity index (χ3n) is 5.43. The Labute approximate surface area is 181 Å². The maximum atomic E-state index is 13.4. The number of rotatable bonds is 7. The monoisotopic (exact) mass is 412 g/mol. The van der Waals surface area contributed by atoms with Crippen LogP contribution in [0.3, 0.4) is 0 Å². The number of carbonyl (C=O) groups is 2. The van der Waals surface area contributed by atoms with E-state index < -0.39 is 17.9 Å². The second-order valence-corrected chi connectivity index (χ2v) is 7.40. The smallest absolute Gasteiger partial charge is 0.328 e. The minimum absolute atomic E-state index is 0.243. The van der Waals surface area contributed by atoms with E-state index >= 15 is 0 Å². The van der Waals surface area contributed by atoms with Crippen LogP contribution in [0.4, 0.5) is 0 Å². The van der Waals surface area contributed by atoms with Crippen molar-refractivity contribution in [1.29, 1.82) is 0 Å². The lowest BCUT2D eigenvalue weighted by Gasteiger charge is -2.22. The fraction of sp³-hybridized carbons (Fsp3) is 0.154. The zero-order valence-electron chi connectivity index (χ0n) is 17.2. The maximum absolute atomic E-state index is 13.4. The number of benzene rings is 3. The van der Waals surface area contributed by atoms with Gasteiger partial charge in [0, 0.05) is 23.5 Å². The molecule has 0 bridgehead atoms. The van der Waals surface area contributed by atoms with Gasteiger partial charge in [0.2, 0.25) is 5.91 Å². The number of para-hydroxylation sites is 1. The molecule has 0 aliphatic rings. The van der Waals surface area contributed by atoms with Gasteiger partial charge in [-0.1, -0.05) is 78.9 Å². The standard InChI is InChI=1S/C26H24N2O3/c1-31-26(30)23(16-20-17-27-22-15-9-8-14-21(20)22)28-25(29)24(18-10-4-2-5-11-18)19-12-6-3-7-13-19/h2-15,17,23-24,27H,16H2,1H3,(H,28,29)/t23-/m0/s1. The molecule has 0 fully saturated rings. The molecule has 0 aliphatic carbocycles. The molecule has 0 saturated carbocycles. The molecule has 31 heavy (non-hydrogen) atoms. The summed E-state index contributed by atoms with van der Waals surface area (Å²) >= 11 is 0. The molecule has 0 aliphatic heterocycles. The lowest BCUT2D eigenvalue weighted by Crippen LogP contribution is -2.45. The first-order valence-electron chi connectivity index (χ1n) is 10.2. The highest BCUT2D eigenvalue weighted by Crippen LogP contribution is 2.25. The van der Waals surface area contributed by atoms with Crippen molar-refractivity contribution in [3.05, 3.63) is 108 Å². The molecule has 4 aromatic rings. The molecule has 1 amide bonds. The summed E-state index contributed by atoms with van der Waals surface area (Å²) < 4.78 is 5.00. The molecule has 4 rings (SSSR count). The first kappa shape index (κ1) is 20.4. The molecule has 0 saturated heterocycles. The largest absolute Gasteiger partial charge is 0.467 e. The van der Waals surface area contributed by atoms with E-state index in [9.17, 15) is 9.59 Å². The summed E-state index contributed by atoms with van der Waals surface area (Å²) in [6, 6.07) is 26.2. The molecule has 0 unspecified atom stereocenters. The summed E-state index contributed by atoms with van der Waals surface area (Å²) in [5, 5.41) is 3.96. The molecular formula is C26H24N2O3. The summed E-state index contributed by atoms with van der Waals surface area (Å²) in [5.74, 6) is -1.25. The van der Waals surface area contributed by atoms with Gasteiger partial charge in [-0.2, -0.15) is 0 Å². The summed E-state index contributed by atoms with van der Waals surface area (Å²) in [4.78, 5) is 29.2. The minimum atomic E-state index is -0.799. The van der Waals surface area contributed by atoms with Gasteiger partial charge < -0.3 is 15.0 Å². The Morgan fingerprint density at radius 1 is 0.871 bits per heavy atom. The Balaban J connectivity index is 1.63. The topological polar surface area (TPSA) is 71.2 Å². The van der Waals surface area contributed by atoms with Crippen molar-refractivity contribution in [1.82, 2.24) is 10.3 Å². The number of esters is 1. The van der Waals surface area contributed by atoms with Crippen LogP contribution >= 0.6 is 0 Å². The lowest BCUT2D eigenvalue weighted by atomic mass is 9.90. The Kier molecular flexibility index (Phi) is 6.13. The van der Waals surface area contributed by atoms with E-state index in [-0.39, 0.29) is 5.91 Å². The van der Waals surface area contributed by atoms with Gasteiger partial charge in [-0.25, -0.2) is 4.79 Å². The zero-order chi connectivity index (χ0) is 21.6. The van der Waals surface area contributed by atoms with Crippen LogP contribution in [0.15, 0.2) is 91.1 Å². The number of hydrogen-bond donors (Lipinski definition) is 2. The summed E-state index contributed by atoms with van der Waals surface area (Å²) in [6.45, 7) is 0. The fourth-order valence-corrected chi connectivity index (χ4v) is 3.90. The molecule has 5 heteroatoms. The van der Waals surface area contributed by atoms with Crippen molar-refractivity contribution >= 4 is 22.8 Å². The molecule has 1 aromatic heterocycles. The van der Waals surface area contributed by atoms with E-state index in [2.05, 4.69) is 10.3 Å². The average Bonchev–Trinajstić information content (AvgIpc) is 3.22. The molecule has 156 valence electrons. The van der Waals surface area contributed by atoms with Crippen molar-refractivity contribution in [2.75, 3.05) is 7.11 Å². The van der Waals surface area contributed by atoms with Crippen LogP contribution in [0, 0.1) is 0 Å². The molecule has 0 radical (unpaired) electrons. The highest BCUT2D eigenvalue weighted by Gasteiger charge is 2.29. The molecule has 2 N–H and O–H groups in total. The summed E-state index contributed by atoms with van der Waals surface area (Å²) in [5.41, 5.74) is 3.66. The van der Waals surface area contributed by atoms with Gasteiger partial charge in [0.25, 0.3) is 0 Å². The molecule has 0 spiro atoms. The molecule has 1 atom stereocenters. The van der Waals surface area contributed by atoms with Gasteiger partial charge in [-0.05, 0) is 22.8 Å². The molecule has 1 heterocycles. The number of H-pyrrole nitrogens is 1. The maximum Gasteiger partial charge on any atom is 0.328 e. The SMILES string of the molecule is COC(=O)[C@H](Cc1c[nH]c2ccccc12)NC(=O)C(c1ccccc1)c1ccccc1. The third-order valence-corrected chi connectivity index (χ3v) is 5.43. The number of nitrogens with one attached hydrogen (secondary N) is 2. The van der Waals surface area contributed by atoms with E-state index in [1.807, 2.05) is 91.1 Å². The average molecular weight is 412 g/mol. The van der Waals surface area contributed by atoms with Crippen molar-refractivity contribution < 1.29 is 14.3 Å². The van der Waals surface area contributed by atoms with Crippen LogP contribution in [0.2, 0.25) is 0 Å². The predicted octanol–water partition coefficient (Wildman–Crippen LogP) is 4.20. The van der Waals surface area contributed by atoms with E-state index in [4.69, 9.17) is 4.74 Å². The number of methoxy groups -OCH3 is 1. The molecule has 3 aromatic carbocycles. The zero-order valence-corrected chi connectivity index (χ0v) is 17.2. The lowest BCUT2D eigenvalue weighted by molar-refractivity contribution is -0.145. The Morgan fingerprint density at radius 3 is 2.06 bits per heavy atom. The van der Waals surface area contributed by atoms with E-state index in [1.165, 1.54) is 7.11 Å². The quantitative estimate of drug-likeness (QED) is 0.447. The van der Waals surface area contributed by atoms with E-state index in [0.717, 1.165) is 27.6 Å². The van der Waals surface area contributed by atoms with E-state index in [0.29, 0.717) is 6.42 Å². The number of amides is 1. The van der Waals surface area contributed by atoms with Gasteiger partial charge >= 0.3 is 5.97 Å².